The maximum Gasteiger partial charge on any atom is 0.227 e. The number of likely N-dealkylation sites (N-methyl/N-ethyl adjacent to an activating group) is 1. The van der Waals surface area contributed by atoms with Crippen molar-refractivity contribution in [2.75, 3.05) is 32.1 Å². The van der Waals surface area contributed by atoms with Gasteiger partial charge in [-0.1, -0.05) is 24.6 Å². The molecule has 4 nitrogen and oxygen atoms in total. The molecule has 2 atom stereocenters. The summed E-state index contributed by atoms with van der Waals surface area (Å²) in [4.78, 5) is 16.7. The number of anilines is 1. The molecule has 0 unspecified atom stereocenters. The van der Waals surface area contributed by atoms with Crippen LogP contribution in [0.2, 0.25) is 0 Å². The van der Waals surface area contributed by atoms with Gasteiger partial charge in [0.2, 0.25) is 5.91 Å². The van der Waals surface area contributed by atoms with E-state index in [4.69, 9.17) is 5.73 Å². The zero-order chi connectivity index (χ0) is 15.2. The molecule has 0 saturated heterocycles. The molecular formula is C17H29Cl2N3O. The van der Waals surface area contributed by atoms with E-state index < -0.39 is 0 Å². The fraction of sp³-hybridized carbons (Fsp3) is 0.588. The first-order valence-electron chi connectivity index (χ1n) is 7.83. The summed E-state index contributed by atoms with van der Waals surface area (Å²) in [5.41, 5.74) is 7.09. The Bertz CT molecular complexity index is 456. The average molecular weight is 362 g/mol. The number of carbonyl (C=O) groups is 1. The van der Waals surface area contributed by atoms with Crippen LogP contribution in [0.3, 0.4) is 0 Å². The molecular weight excluding hydrogens is 333 g/mol. The number of carbonyl (C=O) groups excluding carboxylic acids is 1. The van der Waals surface area contributed by atoms with Crippen molar-refractivity contribution in [3.8, 4) is 0 Å². The van der Waals surface area contributed by atoms with Gasteiger partial charge in [-0.2, -0.15) is 0 Å². The molecule has 1 fully saturated rings. The van der Waals surface area contributed by atoms with Gasteiger partial charge in [0.15, 0.2) is 0 Å². The minimum absolute atomic E-state index is 0. The van der Waals surface area contributed by atoms with Crippen LogP contribution >= 0.6 is 24.8 Å². The zero-order valence-corrected chi connectivity index (χ0v) is 15.6. The minimum atomic E-state index is 0. The second kappa shape index (κ2) is 10.9. The van der Waals surface area contributed by atoms with E-state index in [9.17, 15) is 4.79 Å². The number of nitrogens with zero attached hydrogens (tertiary/aromatic N) is 2. The molecule has 132 valence electrons. The number of amides is 1. The first-order valence-corrected chi connectivity index (χ1v) is 7.83. The summed E-state index contributed by atoms with van der Waals surface area (Å²) in [6.45, 7) is 1.58. The Balaban J connectivity index is 0.00000242. The van der Waals surface area contributed by atoms with Crippen molar-refractivity contribution in [3.05, 3.63) is 30.3 Å². The molecule has 0 radical (unpaired) electrons. The maximum atomic E-state index is 12.7. The van der Waals surface area contributed by atoms with Gasteiger partial charge in [-0.15, -0.1) is 24.8 Å². The first kappa shape index (κ1) is 22.2. The van der Waals surface area contributed by atoms with Gasteiger partial charge in [0, 0.05) is 31.2 Å². The van der Waals surface area contributed by atoms with Crippen molar-refractivity contribution >= 4 is 36.4 Å². The minimum Gasteiger partial charge on any atom is -0.327 e. The van der Waals surface area contributed by atoms with Crippen LogP contribution in [0.25, 0.3) is 0 Å². The number of nitrogens with two attached hydrogens (primary N) is 1. The number of rotatable bonds is 6. The summed E-state index contributed by atoms with van der Waals surface area (Å²) in [6, 6.07) is 10.1. The third kappa shape index (κ3) is 6.68. The average Bonchev–Trinajstić information content (AvgIpc) is 2.85. The summed E-state index contributed by atoms with van der Waals surface area (Å²) >= 11 is 0. The van der Waals surface area contributed by atoms with E-state index in [2.05, 4.69) is 4.90 Å². The van der Waals surface area contributed by atoms with Gasteiger partial charge in [-0.3, -0.25) is 4.79 Å². The second-order valence-corrected chi connectivity index (χ2v) is 6.24. The van der Waals surface area contributed by atoms with E-state index >= 15 is 0 Å². The smallest absolute Gasteiger partial charge is 0.227 e. The molecule has 2 N–H and O–H groups in total. The molecule has 0 aromatic heterocycles. The Labute approximate surface area is 152 Å². The summed E-state index contributed by atoms with van der Waals surface area (Å²) in [6.07, 6.45) is 3.87. The number of benzene rings is 1. The fourth-order valence-electron chi connectivity index (χ4n) is 2.96. The Morgan fingerprint density at radius 3 is 2.30 bits per heavy atom. The number of halogens is 2. The molecule has 1 aromatic carbocycles. The Morgan fingerprint density at radius 2 is 1.78 bits per heavy atom. The topological polar surface area (TPSA) is 49.6 Å². The van der Waals surface area contributed by atoms with E-state index in [0.29, 0.717) is 12.3 Å². The fourth-order valence-corrected chi connectivity index (χ4v) is 2.96. The van der Waals surface area contributed by atoms with Crippen LogP contribution in [0.4, 0.5) is 5.69 Å². The lowest BCUT2D eigenvalue weighted by molar-refractivity contribution is -0.119. The van der Waals surface area contributed by atoms with Gasteiger partial charge in [-0.05, 0) is 45.0 Å². The molecule has 0 spiro atoms. The van der Waals surface area contributed by atoms with Crippen LogP contribution < -0.4 is 10.6 Å². The summed E-state index contributed by atoms with van der Waals surface area (Å²) in [5.74, 6) is 0.550. The maximum absolute atomic E-state index is 12.7. The highest BCUT2D eigenvalue weighted by Gasteiger charge is 2.28. The van der Waals surface area contributed by atoms with E-state index in [1.807, 2.05) is 49.3 Å². The third-order valence-electron chi connectivity index (χ3n) is 4.29. The molecule has 1 aliphatic rings. The van der Waals surface area contributed by atoms with E-state index in [1.54, 1.807) is 0 Å². The van der Waals surface area contributed by atoms with Crippen molar-refractivity contribution in [2.45, 2.75) is 31.7 Å². The van der Waals surface area contributed by atoms with Crippen LogP contribution in [0.15, 0.2) is 30.3 Å². The van der Waals surface area contributed by atoms with Crippen LogP contribution in [-0.2, 0) is 4.79 Å². The van der Waals surface area contributed by atoms with Gasteiger partial charge >= 0.3 is 0 Å². The third-order valence-corrected chi connectivity index (χ3v) is 4.29. The second-order valence-electron chi connectivity index (χ2n) is 6.24. The Kier molecular flexibility index (Phi) is 10.5. The van der Waals surface area contributed by atoms with Crippen molar-refractivity contribution in [3.63, 3.8) is 0 Å². The molecule has 2 rings (SSSR count). The molecule has 23 heavy (non-hydrogen) atoms. The van der Waals surface area contributed by atoms with Crippen LogP contribution in [-0.4, -0.2) is 44.0 Å². The molecule has 1 aliphatic carbocycles. The predicted molar refractivity (Wildman–Crippen MR) is 102 cm³/mol. The SMILES string of the molecule is CN(C)CCN(C(=O)C[C@@H]1CCC[C@H]1N)c1ccccc1.Cl.Cl. The zero-order valence-electron chi connectivity index (χ0n) is 14.0. The van der Waals surface area contributed by atoms with Gasteiger partial charge < -0.3 is 15.5 Å². The molecule has 1 saturated carbocycles. The molecule has 0 heterocycles. The van der Waals surface area contributed by atoms with Crippen LogP contribution in [0.1, 0.15) is 25.7 Å². The normalized spacial score (nSPS) is 19.8. The largest absolute Gasteiger partial charge is 0.327 e. The highest BCUT2D eigenvalue weighted by atomic mass is 35.5. The molecule has 6 heteroatoms. The number of hydrogen-bond acceptors (Lipinski definition) is 3. The Hall–Kier alpha value is -0.810. The molecule has 1 amide bonds. The monoisotopic (exact) mass is 361 g/mol. The van der Waals surface area contributed by atoms with Gasteiger partial charge in [0.25, 0.3) is 0 Å². The van der Waals surface area contributed by atoms with E-state index in [0.717, 1.165) is 38.0 Å². The number of para-hydroxylation sites is 1. The van der Waals surface area contributed by atoms with E-state index in [-0.39, 0.29) is 36.8 Å². The quantitative estimate of drug-likeness (QED) is 0.847. The standard InChI is InChI=1S/C17H27N3O.2ClH/c1-19(2)11-12-20(15-8-4-3-5-9-15)17(21)13-14-7-6-10-16(14)18;;/h3-5,8-9,14,16H,6-7,10-13,18H2,1-2H3;2*1H/t14-,16+;;/m0../s1. The van der Waals surface area contributed by atoms with Gasteiger partial charge in [0.05, 0.1) is 0 Å². The summed E-state index contributed by atoms with van der Waals surface area (Å²) < 4.78 is 0. The van der Waals surface area contributed by atoms with Crippen LogP contribution in [0, 0.1) is 5.92 Å². The predicted octanol–water partition coefficient (Wildman–Crippen LogP) is 2.94. The van der Waals surface area contributed by atoms with Crippen molar-refractivity contribution in [1.82, 2.24) is 4.90 Å². The molecule has 1 aromatic rings. The summed E-state index contributed by atoms with van der Waals surface area (Å²) in [5, 5.41) is 0. The van der Waals surface area contributed by atoms with Crippen molar-refractivity contribution in [1.29, 1.82) is 0 Å². The lowest BCUT2D eigenvalue weighted by atomic mass is 9.99. The van der Waals surface area contributed by atoms with Gasteiger partial charge in [0.1, 0.15) is 0 Å². The molecule has 0 aliphatic heterocycles. The van der Waals surface area contributed by atoms with Crippen molar-refractivity contribution in [2.24, 2.45) is 11.7 Å². The highest BCUT2D eigenvalue weighted by molar-refractivity contribution is 5.93. The van der Waals surface area contributed by atoms with Crippen LogP contribution in [0.5, 0.6) is 0 Å². The Morgan fingerprint density at radius 1 is 1.13 bits per heavy atom. The lowest BCUT2D eigenvalue weighted by Crippen LogP contribution is -2.39. The van der Waals surface area contributed by atoms with Crippen molar-refractivity contribution < 1.29 is 4.79 Å². The summed E-state index contributed by atoms with van der Waals surface area (Å²) in [7, 11) is 4.06. The van der Waals surface area contributed by atoms with Gasteiger partial charge in [-0.25, -0.2) is 0 Å². The molecule has 0 bridgehead atoms. The highest BCUT2D eigenvalue weighted by Crippen LogP contribution is 2.28. The first-order chi connectivity index (χ1) is 10.1. The van der Waals surface area contributed by atoms with E-state index in [1.165, 1.54) is 0 Å². The number of hydrogen-bond donors (Lipinski definition) is 1. The lowest BCUT2D eigenvalue weighted by Gasteiger charge is -2.26.